The summed E-state index contributed by atoms with van der Waals surface area (Å²) in [5, 5.41) is 9.03. The van der Waals surface area contributed by atoms with Gasteiger partial charge in [0.05, 0.1) is 12.0 Å². The second-order valence-corrected chi connectivity index (χ2v) is 5.88. The van der Waals surface area contributed by atoms with Gasteiger partial charge in [0.2, 0.25) is 5.91 Å². The molecule has 4 heteroatoms. The number of hydrogen-bond acceptors (Lipinski definition) is 3. The van der Waals surface area contributed by atoms with Crippen molar-refractivity contribution in [3.8, 4) is 11.8 Å². The Labute approximate surface area is 125 Å². The lowest BCUT2D eigenvalue weighted by Crippen LogP contribution is -2.45. The highest BCUT2D eigenvalue weighted by Crippen LogP contribution is 2.30. The number of rotatable bonds is 3. The fourth-order valence-corrected chi connectivity index (χ4v) is 3.40. The molecule has 1 aromatic carbocycles. The molecule has 0 aromatic heterocycles. The first-order valence-electron chi connectivity index (χ1n) is 7.67. The van der Waals surface area contributed by atoms with Crippen LogP contribution in [0, 0.1) is 17.2 Å². The molecular weight excluding hydrogens is 264 g/mol. The summed E-state index contributed by atoms with van der Waals surface area (Å²) < 4.78 is 5.72. The van der Waals surface area contributed by atoms with Crippen molar-refractivity contribution in [3.63, 3.8) is 0 Å². The fourth-order valence-electron chi connectivity index (χ4n) is 3.40. The number of para-hydroxylation sites is 1. The van der Waals surface area contributed by atoms with Crippen molar-refractivity contribution in [2.24, 2.45) is 5.92 Å². The zero-order valence-electron chi connectivity index (χ0n) is 12.1. The Bertz CT molecular complexity index is 558. The van der Waals surface area contributed by atoms with Gasteiger partial charge in [0.15, 0.2) is 0 Å². The molecule has 1 aliphatic carbocycles. The van der Waals surface area contributed by atoms with E-state index >= 15 is 0 Å². The Balaban J connectivity index is 1.73. The number of hydrogen-bond donors (Lipinski definition) is 0. The molecule has 0 N–H and O–H groups in total. The van der Waals surface area contributed by atoms with Gasteiger partial charge in [0.1, 0.15) is 18.9 Å². The van der Waals surface area contributed by atoms with Gasteiger partial charge in [0.25, 0.3) is 0 Å². The monoisotopic (exact) mass is 284 g/mol. The van der Waals surface area contributed by atoms with Crippen molar-refractivity contribution >= 4 is 5.91 Å². The van der Waals surface area contributed by atoms with E-state index in [9.17, 15) is 4.79 Å². The van der Waals surface area contributed by atoms with Crippen molar-refractivity contribution < 1.29 is 9.53 Å². The number of amides is 1. The lowest BCUT2D eigenvalue weighted by molar-refractivity contribution is -0.138. The molecule has 1 aromatic rings. The largest absolute Gasteiger partial charge is 0.492 e. The van der Waals surface area contributed by atoms with Crippen LogP contribution in [0.25, 0.3) is 0 Å². The standard InChI is InChI=1S/C17H20N2O2/c18-9-10-19(15-6-2-3-7-15)17(20)14-11-13-5-1-4-8-16(13)21-12-14/h1,4-5,8,14-15H,2-3,6-7,10-12H2. The zero-order valence-corrected chi connectivity index (χ0v) is 12.1. The smallest absolute Gasteiger partial charge is 0.230 e. The minimum Gasteiger partial charge on any atom is -0.492 e. The molecule has 4 nitrogen and oxygen atoms in total. The van der Waals surface area contributed by atoms with Crippen LogP contribution in [-0.4, -0.2) is 30.0 Å². The summed E-state index contributed by atoms with van der Waals surface area (Å²) >= 11 is 0. The number of nitrogens with zero attached hydrogens (tertiary/aromatic N) is 2. The number of fused-ring (bicyclic) bond motifs is 1. The number of carbonyl (C=O) groups is 1. The normalized spacial score (nSPS) is 21.2. The van der Waals surface area contributed by atoms with Crippen LogP contribution in [0.15, 0.2) is 24.3 Å². The van der Waals surface area contributed by atoms with E-state index in [1.54, 1.807) is 4.90 Å². The molecule has 1 fully saturated rings. The van der Waals surface area contributed by atoms with Gasteiger partial charge in [-0.05, 0) is 30.9 Å². The second kappa shape index (κ2) is 6.17. The van der Waals surface area contributed by atoms with E-state index in [1.165, 1.54) is 0 Å². The SMILES string of the molecule is N#CCN(C(=O)C1COc2ccccc2C1)C1CCCC1. The van der Waals surface area contributed by atoms with E-state index in [2.05, 4.69) is 6.07 Å². The highest BCUT2D eigenvalue weighted by Gasteiger charge is 2.33. The third-order valence-corrected chi connectivity index (χ3v) is 4.52. The van der Waals surface area contributed by atoms with Crippen molar-refractivity contribution in [1.82, 2.24) is 4.90 Å². The quantitative estimate of drug-likeness (QED) is 0.801. The molecule has 0 saturated heterocycles. The molecule has 1 atom stereocenters. The van der Waals surface area contributed by atoms with Crippen LogP contribution in [-0.2, 0) is 11.2 Å². The highest BCUT2D eigenvalue weighted by atomic mass is 16.5. The molecule has 1 amide bonds. The molecule has 1 aliphatic heterocycles. The molecule has 0 spiro atoms. The Kier molecular flexibility index (Phi) is 4.10. The summed E-state index contributed by atoms with van der Waals surface area (Å²) in [5.74, 6) is 0.807. The molecule has 0 bridgehead atoms. The van der Waals surface area contributed by atoms with Gasteiger partial charge in [-0.3, -0.25) is 4.79 Å². The van der Waals surface area contributed by atoms with Crippen LogP contribution in [0.1, 0.15) is 31.2 Å². The molecule has 1 unspecified atom stereocenters. The van der Waals surface area contributed by atoms with Gasteiger partial charge in [-0.25, -0.2) is 0 Å². The van der Waals surface area contributed by atoms with Crippen LogP contribution < -0.4 is 4.74 Å². The summed E-state index contributed by atoms with van der Waals surface area (Å²) in [6, 6.07) is 10.3. The third-order valence-electron chi connectivity index (χ3n) is 4.52. The van der Waals surface area contributed by atoms with Gasteiger partial charge in [-0.2, -0.15) is 5.26 Å². The number of carbonyl (C=O) groups excluding carboxylic acids is 1. The first-order chi connectivity index (χ1) is 10.3. The molecule has 1 saturated carbocycles. The van der Waals surface area contributed by atoms with Gasteiger partial charge in [0, 0.05) is 6.04 Å². The lowest BCUT2D eigenvalue weighted by atomic mass is 9.95. The molecule has 0 radical (unpaired) electrons. The number of benzene rings is 1. The van der Waals surface area contributed by atoms with Gasteiger partial charge in [-0.1, -0.05) is 31.0 Å². The molecule has 110 valence electrons. The summed E-state index contributed by atoms with van der Waals surface area (Å²) in [5.41, 5.74) is 1.09. The van der Waals surface area contributed by atoms with Crippen LogP contribution in [0.4, 0.5) is 0 Å². The third kappa shape index (κ3) is 2.87. The average Bonchev–Trinajstić information content (AvgIpc) is 3.05. The summed E-state index contributed by atoms with van der Waals surface area (Å²) in [7, 11) is 0. The van der Waals surface area contributed by atoms with Crippen molar-refractivity contribution in [1.29, 1.82) is 5.26 Å². The molecular formula is C17H20N2O2. The topological polar surface area (TPSA) is 53.3 Å². The van der Waals surface area contributed by atoms with E-state index in [0.29, 0.717) is 13.0 Å². The molecule has 2 aliphatic rings. The van der Waals surface area contributed by atoms with E-state index in [1.807, 2.05) is 24.3 Å². The first-order valence-corrected chi connectivity index (χ1v) is 7.67. The number of ether oxygens (including phenoxy) is 1. The Morgan fingerprint density at radius 1 is 1.33 bits per heavy atom. The van der Waals surface area contributed by atoms with E-state index in [4.69, 9.17) is 10.00 Å². The van der Waals surface area contributed by atoms with E-state index < -0.39 is 0 Å². The van der Waals surface area contributed by atoms with Crippen molar-refractivity contribution in [3.05, 3.63) is 29.8 Å². The summed E-state index contributed by atoms with van der Waals surface area (Å²) in [4.78, 5) is 14.6. The van der Waals surface area contributed by atoms with Crippen LogP contribution in [0.5, 0.6) is 5.75 Å². The molecule has 3 rings (SSSR count). The lowest BCUT2D eigenvalue weighted by Gasteiger charge is -2.32. The predicted molar refractivity (Wildman–Crippen MR) is 78.7 cm³/mol. The Morgan fingerprint density at radius 2 is 2.10 bits per heavy atom. The van der Waals surface area contributed by atoms with Gasteiger partial charge in [-0.15, -0.1) is 0 Å². The van der Waals surface area contributed by atoms with E-state index in [0.717, 1.165) is 37.0 Å². The minimum absolute atomic E-state index is 0.0814. The molecule has 1 heterocycles. The number of nitriles is 1. The second-order valence-electron chi connectivity index (χ2n) is 5.88. The van der Waals surface area contributed by atoms with Crippen molar-refractivity contribution in [2.75, 3.05) is 13.2 Å². The van der Waals surface area contributed by atoms with Crippen LogP contribution >= 0.6 is 0 Å². The van der Waals surface area contributed by atoms with Crippen molar-refractivity contribution in [2.45, 2.75) is 38.1 Å². The maximum absolute atomic E-state index is 12.8. The zero-order chi connectivity index (χ0) is 14.7. The molecule has 21 heavy (non-hydrogen) atoms. The minimum atomic E-state index is -0.158. The summed E-state index contributed by atoms with van der Waals surface area (Å²) in [6.45, 7) is 0.617. The first kappa shape index (κ1) is 13.9. The Morgan fingerprint density at radius 3 is 2.86 bits per heavy atom. The van der Waals surface area contributed by atoms with Crippen LogP contribution in [0.3, 0.4) is 0 Å². The van der Waals surface area contributed by atoms with Gasteiger partial charge < -0.3 is 9.64 Å². The summed E-state index contributed by atoms with van der Waals surface area (Å²) in [6.07, 6.45) is 5.08. The maximum Gasteiger partial charge on any atom is 0.230 e. The maximum atomic E-state index is 12.8. The Hall–Kier alpha value is -2.02. The average molecular weight is 284 g/mol. The predicted octanol–water partition coefficient (Wildman–Crippen LogP) is 2.53. The van der Waals surface area contributed by atoms with Gasteiger partial charge >= 0.3 is 0 Å². The highest BCUT2D eigenvalue weighted by molar-refractivity contribution is 5.80. The van der Waals surface area contributed by atoms with E-state index in [-0.39, 0.29) is 24.4 Å². The van der Waals surface area contributed by atoms with Crippen LogP contribution in [0.2, 0.25) is 0 Å². The fraction of sp³-hybridized carbons (Fsp3) is 0.529.